The molecule has 28 heavy (non-hydrogen) atoms. The highest BCUT2D eigenvalue weighted by molar-refractivity contribution is 8.01. The Kier molecular flexibility index (Phi) is 7.46. The highest BCUT2D eigenvalue weighted by Crippen LogP contribution is 2.30. The van der Waals surface area contributed by atoms with Crippen molar-refractivity contribution in [2.45, 2.75) is 44.8 Å². The molecule has 0 heterocycles. The summed E-state index contributed by atoms with van der Waals surface area (Å²) in [6.45, 7) is 1.91. The summed E-state index contributed by atoms with van der Waals surface area (Å²) in [4.78, 5) is 13.3. The molecule has 4 heteroatoms. The highest BCUT2D eigenvalue weighted by atomic mass is 32.2. The van der Waals surface area contributed by atoms with Crippen molar-refractivity contribution in [1.82, 2.24) is 4.90 Å². The van der Waals surface area contributed by atoms with Gasteiger partial charge in [-0.1, -0.05) is 60.7 Å². The second-order valence-corrected chi connectivity index (χ2v) is 10.8. The molecule has 0 spiro atoms. The molecule has 1 aliphatic carbocycles. The van der Waals surface area contributed by atoms with E-state index in [0.29, 0.717) is 24.0 Å². The van der Waals surface area contributed by atoms with E-state index in [9.17, 15) is 9.00 Å². The van der Waals surface area contributed by atoms with Crippen LogP contribution in [0.4, 0.5) is 0 Å². The fraction of sp³-hybridized carbons (Fsp3) is 0.417. The van der Waals surface area contributed by atoms with Crippen LogP contribution in [0, 0.1) is 5.92 Å². The van der Waals surface area contributed by atoms with Gasteiger partial charge in [0, 0.05) is 36.5 Å². The van der Waals surface area contributed by atoms with E-state index in [4.69, 9.17) is 0 Å². The van der Waals surface area contributed by atoms with Gasteiger partial charge in [0.25, 0.3) is 0 Å². The van der Waals surface area contributed by atoms with Gasteiger partial charge in [0.05, 0.1) is 0 Å². The fourth-order valence-electron chi connectivity index (χ4n) is 4.27. The minimum Gasteiger partial charge on any atom is -0.298 e. The molecule has 1 unspecified atom stereocenters. The Labute approximate surface area is 169 Å². The molecule has 1 saturated carbocycles. The minimum atomic E-state index is -2.12. The normalized spacial score (nSPS) is 21.8. The van der Waals surface area contributed by atoms with Crippen molar-refractivity contribution in [3.8, 4) is 0 Å². The average Bonchev–Trinajstić information content (AvgIpc) is 2.69. The van der Waals surface area contributed by atoms with Gasteiger partial charge in [-0.25, -0.2) is 0 Å². The predicted octanol–water partition coefficient (Wildman–Crippen LogP) is 4.16. The Balaban J connectivity index is 1.66. The molecule has 0 radical (unpaired) electrons. The topological polar surface area (TPSA) is 37.4 Å². The quantitative estimate of drug-likeness (QED) is 0.496. The fourth-order valence-corrected chi connectivity index (χ4v) is 5.88. The van der Waals surface area contributed by atoms with Crippen molar-refractivity contribution in [2.75, 3.05) is 12.0 Å². The average molecular weight is 398 g/mol. The van der Waals surface area contributed by atoms with Crippen molar-refractivity contribution in [2.24, 2.45) is 5.92 Å². The summed E-state index contributed by atoms with van der Waals surface area (Å²) in [5, 5.41) is 1.36. The lowest BCUT2D eigenvalue weighted by molar-refractivity contribution is -0.102. The first-order chi connectivity index (χ1) is 13.6. The summed E-state index contributed by atoms with van der Waals surface area (Å²) in [5.41, 5.74) is 2.69. The molecule has 150 valence electrons. The van der Waals surface area contributed by atoms with Crippen LogP contribution in [-0.2, 0) is 27.4 Å². The molecule has 0 bridgehead atoms. The molecule has 2 aromatic carbocycles. The lowest BCUT2D eigenvalue weighted by Gasteiger charge is -2.37. The van der Waals surface area contributed by atoms with E-state index in [1.165, 1.54) is 16.5 Å². The van der Waals surface area contributed by atoms with E-state index in [0.717, 1.165) is 38.8 Å². The van der Waals surface area contributed by atoms with Crippen molar-refractivity contribution in [3.05, 3.63) is 71.8 Å². The van der Waals surface area contributed by atoms with Gasteiger partial charge in [0.15, 0.2) is 6.29 Å². The molecule has 3 nitrogen and oxygen atoms in total. The zero-order valence-corrected chi connectivity index (χ0v) is 17.5. The Morgan fingerprint density at radius 2 is 1.39 bits per heavy atom. The van der Waals surface area contributed by atoms with Crippen LogP contribution in [0.3, 0.4) is 0 Å². The van der Waals surface area contributed by atoms with Crippen molar-refractivity contribution in [1.29, 1.82) is 0 Å². The number of rotatable bonds is 8. The first kappa shape index (κ1) is 20.8. The number of hydrogen-bond donors (Lipinski definition) is 0. The van der Waals surface area contributed by atoms with Crippen LogP contribution in [0.15, 0.2) is 60.7 Å². The molecule has 0 amide bonds. The van der Waals surface area contributed by atoms with Gasteiger partial charge >= 0.3 is 0 Å². The molecule has 0 aromatic heterocycles. The molecule has 1 atom stereocenters. The number of aldehydes is 1. The SMILES string of the molecule is CS(=O)(=CC=O)CC1CCC(N(Cc2ccccc2)Cc2ccccc2)CC1. The van der Waals surface area contributed by atoms with Crippen molar-refractivity contribution in [3.63, 3.8) is 0 Å². The van der Waals surface area contributed by atoms with Gasteiger partial charge in [-0.05, 0) is 52.2 Å². The maximum Gasteiger partial charge on any atom is 0.150 e. The number of benzene rings is 2. The summed E-state index contributed by atoms with van der Waals surface area (Å²) in [6.07, 6.45) is 6.83. The molecule has 0 N–H and O–H groups in total. The van der Waals surface area contributed by atoms with Gasteiger partial charge in [-0.15, -0.1) is 0 Å². The van der Waals surface area contributed by atoms with Gasteiger partial charge in [-0.2, -0.15) is 0 Å². The maximum atomic E-state index is 12.5. The van der Waals surface area contributed by atoms with E-state index in [2.05, 4.69) is 65.6 Å². The monoisotopic (exact) mass is 397 g/mol. The largest absolute Gasteiger partial charge is 0.298 e. The highest BCUT2D eigenvalue weighted by Gasteiger charge is 2.27. The Morgan fingerprint density at radius 1 is 0.893 bits per heavy atom. The van der Waals surface area contributed by atoms with Gasteiger partial charge < -0.3 is 0 Å². The second-order valence-electron chi connectivity index (χ2n) is 8.06. The first-order valence-corrected chi connectivity index (χ1v) is 12.3. The van der Waals surface area contributed by atoms with Crippen LogP contribution in [0.5, 0.6) is 0 Å². The third kappa shape index (κ3) is 6.32. The van der Waals surface area contributed by atoms with E-state index >= 15 is 0 Å². The van der Waals surface area contributed by atoms with Crippen LogP contribution in [0.25, 0.3) is 0 Å². The van der Waals surface area contributed by atoms with E-state index in [-0.39, 0.29) is 0 Å². The Morgan fingerprint density at radius 3 is 1.86 bits per heavy atom. The zero-order valence-electron chi connectivity index (χ0n) is 16.7. The lowest BCUT2D eigenvalue weighted by Crippen LogP contribution is -2.38. The third-order valence-corrected chi connectivity index (χ3v) is 7.52. The van der Waals surface area contributed by atoms with Crippen molar-refractivity contribution < 1.29 is 9.00 Å². The molecular weight excluding hydrogens is 366 g/mol. The van der Waals surface area contributed by atoms with Gasteiger partial charge in [0.1, 0.15) is 0 Å². The number of carbonyl (C=O) groups is 1. The molecule has 1 fully saturated rings. The Bertz CT molecular complexity index is 807. The van der Waals surface area contributed by atoms with Crippen molar-refractivity contribution >= 4 is 21.2 Å². The summed E-state index contributed by atoms with van der Waals surface area (Å²) in [7, 11) is -2.12. The van der Waals surface area contributed by atoms with Gasteiger partial charge in [-0.3, -0.25) is 13.9 Å². The molecule has 1 aliphatic rings. The second kappa shape index (κ2) is 10.0. The number of hydrogen-bond acceptors (Lipinski definition) is 3. The van der Waals surface area contributed by atoms with Crippen LogP contribution < -0.4 is 0 Å². The number of carbonyl (C=O) groups excluding carboxylic acids is 1. The molecule has 3 rings (SSSR count). The zero-order chi connectivity index (χ0) is 19.8. The molecule has 0 aliphatic heterocycles. The molecular formula is C24H31NO2S. The molecule has 0 saturated heterocycles. The summed E-state index contributed by atoms with van der Waals surface area (Å²) < 4.78 is 12.5. The lowest BCUT2D eigenvalue weighted by atomic mass is 9.86. The summed E-state index contributed by atoms with van der Waals surface area (Å²) in [6, 6.07) is 21.9. The van der Waals surface area contributed by atoms with Gasteiger partial charge in [0.2, 0.25) is 0 Å². The summed E-state index contributed by atoms with van der Waals surface area (Å²) >= 11 is 0. The van der Waals surface area contributed by atoms with Crippen LogP contribution in [0.2, 0.25) is 0 Å². The molecule has 2 aromatic rings. The van der Waals surface area contributed by atoms with Crippen LogP contribution in [-0.4, -0.2) is 38.8 Å². The third-order valence-electron chi connectivity index (χ3n) is 5.70. The summed E-state index contributed by atoms with van der Waals surface area (Å²) in [5.74, 6) is 1.11. The standard InChI is InChI=1S/C24H31NO2S/c1-28(27,17-16-26)20-23-12-14-24(15-13-23)25(18-21-8-4-2-5-9-21)19-22-10-6-3-7-11-22/h2-11,16-17,23-24H,12-15,18-20H2,1H3. The van der Waals surface area contributed by atoms with Crippen LogP contribution in [0.1, 0.15) is 36.8 Å². The number of nitrogens with zero attached hydrogens (tertiary/aromatic N) is 1. The predicted molar refractivity (Wildman–Crippen MR) is 119 cm³/mol. The Hall–Kier alpha value is -1.91. The smallest absolute Gasteiger partial charge is 0.150 e. The first-order valence-electron chi connectivity index (χ1n) is 10.1. The van der Waals surface area contributed by atoms with E-state index in [1.54, 1.807) is 6.26 Å². The maximum absolute atomic E-state index is 12.5. The van der Waals surface area contributed by atoms with Crippen LogP contribution >= 0.6 is 0 Å². The minimum absolute atomic E-state index is 0.459. The van der Waals surface area contributed by atoms with E-state index in [1.807, 2.05) is 0 Å². The van der Waals surface area contributed by atoms with E-state index < -0.39 is 9.52 Å².